The maximum absolute atomic E-state index is 12.0. The van der Waals surface area contributed by atoms with Gasteiger partial charge >= 0.3 is 6.61 Å². The molecule has 1 heterocycles. The molecule has 0 aliphatic carbocycles. The molecule has 21 heavy (non-hydrogen) atoms. The van der Waals surface area contributed by atoms with Crippen molar-refractivity contribution in [2.24, 2.45) is 0 Å². The molecule has 0 aliphatic rings. The number of aryl methyl sites for hydroxylation is 1. The first-order chi connectivity index (χ1) is 10.0. The first-order valence-electron chi connectivity index (χ1n) is 6.30. The number of alkyl halides is 2. The number of aromatic nitrogens is 2. The summed E-state index contributed by atoms with van der Waals surface area (Å²) in [5.41, 5.74) is 1.35. The molecule has 5 nitrogen and oxygen atoms in total. The van der Waals surface area contributed by atoms with E-state index in [1.165, 1.54) is 24.3 Å². The fourth-order valence-electron chi connectivity index (χ4n) is 1.74. The van der Waals surface area contributed by atoms with Crippen LogP contribution >= 0.6 is 0 Å². The second-order valence-corrected chi connectivity index (χ2v) is 4.39. The zero-order chi connectivity index (χ0) is 15.2. The van der Waals surface area contributed by atoms with Gasteiger partial charge < -0.3 is 15.2 Å². The highest BCUT2D eigenvalue weighted by Crippen LogP contribution is 2.19. The number of nitrogens with one attached hydrogen (secondary N) is 1. The van der Waals surface area contributed by atoms with Gasteiger partial charge in [-0.15, -0.1) is 0 Å². The maximum atomic E-state index is 12.0. The van der Waals surface area contributed by atoms with Crippen LogP contribution in [0.15, 0.2) is 36.7 Å². The Labute approximate surface area is 120 Å². The van der Waals surface area contributed by atoms with Crippen LogP contribution in [0.2, 0.25) is 0 Å². The molecule has 0 amide bonds. The second-order valence-electron chi connectivity index (χ2n) is 4.39. The van der Waals surface area contributed by atoms with E-state index in [0.717, 1.165) is 5.69 Å². The van der Waals surface area contributed by atoms with Crippen LogP contribution in [0.1, 0.15) is 17.4 Å². The largest absolute Gasteiger partial charge is 0.435 e. The molecular formula is C14H15F2N3O2. The summed E-state index contributed by atoms with van der Waals surface area (Å²) in [5.74, 6) is 0.616. The lowest BCUT2D eigenvalue weighted by atomic mass is 10.1. The van der Waals surface area contributed by atoms with Gasteiger partial charge in [-0.2, -0.15) is 8.78 Å². The minimum Gasteiger partial charge on any atom is -0.435 e. The van der Waals surface area contributed by atoms with Gasteiger partial charge in [-0.05, 0) is 24.6 Å². The van der Waals surface area contributed by atoms with Crippen molar-refractivity contribution >= 4 is 5.82 Å². The number of ether oxygens (including phenoxy) is 1. The van der Waals surface area contributed by atoms with Crippen molar-refractivity contribution in [2.45, 2.75) is 19.6 Å². The number of benzene rings is 1. The number of hydrogen-bond donors (Lipinski definition) is 2. The van der Waals surface area contributed by atoms with Crippen LogP contribution in [0.4, 0.5) is 14.6 Å². The summed E-state index contributed by atoms with van der Waals surface area (Å²) >= 11 is 0. The number of aliphatic hydroxyl groups excluding tert-OH is 1. The zero-order valence-corrected chi connectivity index (χ0v) is 11.3. The van der Waals surface area contributed by atoms with E-state index < -0.39 is 12.7 Å². The molecule has 0 spiro atoms. The van der Waals surface area contributed by atoms with E-state index in [9.17, 15) is 13.9 Å². The molecule has 0 fully saturated rings. The van der Waals surface area contributed by atoms with Crippen LogP contribution in [0.25, 0.3) is 0 Å². The van der Waals surface area contributed by atoms with Crippen molar-refractivity contribution < 1.29 is 18.6 Å². The summed E-state index contributed by atoms with van der Waals surface area (Å²) in [6.45, 7) is -0.814. The molecule has 0 saturated carbocycles. The Morgan fingerprint density at radius 3 is 2.57 bits per heavy atom. The van der Waals surface area contributed by atoms with E-state index in [-0.39, 0.29) is 12.3 Å². The molecule has 0 aliphatic heterocycles. The summed E-state index contributed by atoms with van der Waals surface area (Å²) in [6.07, 6.45) is 2.38. The summed E-state index contributed by atoms with van der Waals surface area (Å²) in [4.78, 5) is 8.18. The topological polar surface area (TPSA) is 67.3 Å². The standard InChI is InChI=1S/C14H15F2N3O2/c1-9-6-17-8-13(19-9)18-7-12(20)10-2-4-11(5-3-10)21-14(15)16/h2-6,8,12,14,20H,7H2,1H3,(H,18,19). The fourth-order valence-corrected chi connectivity index (χ4v) is 1.74. The molecule has 0 bridgehead atoms. The van der Waals surface area contributed by atoms with E-state index in [1.54, 1.807) is 12.4 Å². The molecular weight excluding hydrogens is 280 g/mol. The zero-order valence-electron chi connectivity index (χ0n) is 11.3. The summed E-state index contributed by atoms with van der Waals surface area (Å²) in [5, 5.41) is 13.0. The minimum absolute atomic E-state index is 0.0541. The highest BCUT2D eigenvalue weighted by atomic mass is 19.3. The lowest BCUT2D eigenvalue weighted by molar-refractivity contribution is -0.0498. The van der Waals surface area contributed by atoms with Crippen molar-refractivity contribution in [3.8, 4) is 5.75 Å². The smallest absolute Gasteiger partial charge is 0.387 e. The number of halogens is 2. The van der Waals surface area contributed by atoms with Gasteiger partial charge in [-0.3, -0.25) is 4.98 Å². The Kier molecular flexibility index (Phi) is 4.99. The van der Waals surface area contributed by atoms with Crippen molar-refractivity contribution in [1.82, 2.24) is 9.97 Å². The van der Waals surface area contributed by atoms with Crippen molar-refractivity contribution in [3.63, 3.8) is 0 Å². The third-order valence-electron chi connectivity index (χ3n) is 2.72. The monoisotopic (exact) mass is 295 g/mol. The molecule has 2 N–H and O–H groups in total. The number of anilines is 1. The molecule has 1 atom stereocenters. The van der Waals surface area contributed by atoms with Crippen LogP contribution in [0, 0.1) is 6.92 Å². The van der Waals surface area contributed by atoms with Crippen LogP contribution in [0.5, 0.6) is 5.75 Å². The molecule has 7 heteroatoms. The molecule has 0 saturated heterocycles. The first-order valence-corrected chi connectivity index (χ1v) is 6.30. The Morgan fingerprint density at radius 1 is 1.24 bits per heavy atom. The van der Waals surface area contributed by atoms with Crippen molar-refractivity contribution in [1.29, 1.82) is 0 Å². The normalized spacial score (nSPS) is 12.2. The van der Waals surface area contributed by atoms with E-state index in [0.29, 0.717) is 11.4 Å². The van der Waals surface area contributed by atoms with Gasteiger partial charge in [0.15, 0.2) is 0 Å². The number of aliphatic hydroxyl groups is 1. The summed E-state index contributed by atoms with van der Waals surface area (Å²) in [7, 11) is 0. The van der Waals surface area contributed by atoms with Crippen molar-refractivity contribution in [2.75, 3.05) is 11.9 Å². The molecule has 0 radical (unpaired) electrons. The average Bonchev–Trinajstić information content (AvgIpc) is 2.45. The van der Waals surface area contributed by atoms with Gasteiger partial charge in [-0.1, -0.05) is 12.1 Å². The van der Waals surface area contributed by atoms with Gasteiger partial charge in [0.05, 0.1) is 18.0 Å². The van der Waals surface area contributed by atoms with Gasteiger partial charge in [-0.25, -0.2) is 4.98 Å². The molecule has 2 rings (SSSR count). The third kappa shape index (κ3) is 4.64. The number of nitrogens with zero attached hydrogens (tertiary/aromatic N) is 2. The predicted molar refractivity (Wildman–Crippen MR) is 73.3 cm³/mol. The fraction of sp³-hybridized carbons (Fsp3) is 0.286. The van der Waals surface area contributed by atoms with E-state index in [1.807, 2.05) is 6.92 Å². The van der Waals surface area contributed by atoms with Crippen LogP contribution in [0.3, 0.4) is 0 Å². The molecule has 2 aromatic rings. The highest BCUT2D eigenvalue weighted by molar-refractivity contribution is 5.33. The third-order valence-corrected chi connectivity index (χ3v) is 2.72. The Morgan fingerprint density at radius 2 is 1.95 bits per heavy atom. The molecule has 112 valence electrons. The van der Waals surface area contributed by atoms with Gasteiger partial charge in [0.1, 0.15) is 11.6 Å². The second kappa shape index (κ2) is 6.94. The number of hydrogen-bond acceptors (Lipinski definition) is 5. The van der Waals surface area contributed by atoms with Crippen LogP contribution < -0.4 is 10.1 Å². The molecule has 1 unspecified atom stereocenters. The average molecular weight is 295 g/mol. The van der Waals surface area contributed by atoms with Gasteiger partial charge in [0, 0.05) is 12.7 Å². The minimum atomic E-state index is -2.86. The van der Waals surface area contributed by atoms with Crippen LogP contribution in [-0.4, -0.2) is 28.2 Å². The van der Waals surface area contributed by atoms with Gasteiger partial charge in [0.25, 0.3) is 0 Å². The van der Waals surface area contributed by atoms with E-state index in [2.05, 4.69) is 20.0 Å². The summed E-state index contributed by atoms with van der Waals surface area (Å²) in [6, 6.07) is 5.84. The Hall–Kier alpha value is -2.28. The Balaban J connectivity index is 1.92. The maximum Gasteiger partial charge on any atom is 0.387 e. The highest BCUT2D eigenvalue weighted by Gasteiger charge is 2.09. The SMILES string of the molecule is Cc1cncc(NCC(O)c2ccc(OC(F)F)cc2)n1. The van der Waals surface area contributed by atoms with E-state index in [4.69, 9.17) is 0 Å². The van der Waals surface area contributed by atoms with E-state index >= 15 is 0 Å². The Bertz CT molecular complexity index is 579. The van der Waals surface area contributed by atoms with Crippen molar-refractivity contribution in [3.05, 3.63) is 47.9 Å². The summed E-state index contributed by atoms with van der Waals surface area (Å²) < 4.78 is 28.3. The molecule has 1 aromatic heterocycles. The first kappa shape index (κ1) is 15.1. The van der Waals surface area contributed by atoms with Crippen LogP contribution in [-0.2, 0) is 0 Å². The predicted octanol–water partition coefficient (Wildman–Crippen LogP) is 2.53. The quantitative estimate of drug-likeness (QED) is 0.857. The lowest BCUT2D eigenvalue weighted by Gasteiger charge is -2.13. The molecule has 1 aromatic carbocycles. The van der Waals surface area contributed by atoms with Gasteiger partial charge in [0.2, 0.25) is 0 Å². The number of rotatable bonds is 6. The lowest BCUT2D eigenvalue weighted by Crippen LogP contribution is -2.13.